The average Bonchev–Trinajstić information content (AvgIpc) is 2.26. The van der Waals surface area contributed by atoms with Crippen LogP contribution in [0.3, 0.4) is 0 Å². The Morgan fingerprint density at radius 1 is 1.12 bits per heavy atom. The number of hydrogen-bond acceptors (Lipinski definition) is 1. The zero-order valence-corrected chi connectivity index (χ0v) is 10.7. The van der Waals surface area contributed by atoms with Gasteiger partial charge in [0, 0.05) is 0 Å². The summed E-state index contributed by atoms with van der Waals surface area (Å²) in [7, 11) is 0. The second-order valence-corrected chi connectivity index (χ2v) is 4.38. The first kappa shape index (κ1) is 15.2. The molecule has 1 unspecified atom stereocenters. The maximum atomic E-state index is 10.9. The Morgan fingerprint density at radius 2 is 1.81 bits per heavy atom. The van der Waals surface area contributed by atoms with Crippen molar-refractivity contribution in [3.05, 3.63) is 12.2 Å². The van der Waals surface area contributed by atoms with E-state index in [2.05, 4.69) is 19.9 Å². The summed E-state index contributed by atoms with van der Waals surface area (Å²) in [6, 6.07) is 0. The molecule has 2 heteroatoms. The summed E-state index contributed by atoms with van der Waals surface area (Å²) >= 11 is 0. The minimum absolute atomic E-state index is 0.178. The molecule has 0 aliphatic rings. The predicted molar refractivity (Wildman–Crippen MR) is 68.5 cm³/mol. The zero-order valence-electron chi connectivity index (χ0n) is 10.7. The molecular weight excluding hydrogens is 200 g/mol. The van der Waals surface area contributed by atoms with Crippen LogP contribution in [-0.4, -0.2) is 11.1 Å². The van der Waals surface area contributed by atoms with Gasteiger partial charge < -0.3 is 5.11 Å². The highest BCUT2D eigenvalue weighted by molar-refractivity contribution is 5.70. The molecule has 0 radical (unpaired) electrons. The van der Waals surface area contributed by atoms with Crippen LogP contribution in [0.1, 0.15) is 65.2 Å². The van der Waals surface area contributed by atoms with Crippen molar-refractivity contribution in [1.29, 1.82) is 0 Å². The molecule has 0 rings (SSSR count). The second kappa shape index (κ2) is 10.7. The van der Waals surface area contributed by atoms with Crippen LogP contribution < -0.4 is 0 Å². The topological polar surface area (TPSA) is 37.3 Å². The number of carbonyl (C=O) groups is 1. The van der Waals surface area contributed by atoms with Crippen molar-refractivity contribution in [2.24, 2.45) is 5.92 Å². The average molecular weight is 226 g/mol. The highest BCUT2D eigenvalue weighted by Crippen LogP contribution is 2.14. The lowest BCUT2D eigenvalue weighted by Crippen LogP contribution is -2.12. The Balaban J connectivity index is 3.70. The summed E-state index contributed by atoms with van der Waals surface area (Å²) in [6.07, 6.45) is 12.6. The van der Waals surface area contributed by atoms with Crippen molar-refractivity contribution in [3.63, 3.8) is 0 Å². The number of allylic oxidation sites excluding steroid dienone is 2. The van der Waals surface area contributed by atoms with Gasteiger partial charge in [-0.05, 0) is 25.7 Å². The van der Waals surface area contributed by atoms with Crippen molar-refractivity contribution >= 4 is 5.97 Å². The first-order valence-corrected chi connectivity index (χ1v) is 6.60. The van der Waals surface area contributed by atoms with Crippen LogP contribution in [0.4, 0.5) is 0 Å². The van der Waals surface area contributed by atoms with Crippen LogP contribution >= 0.6 is 0 Å². The van der Waals surface area contributed by atoms with Crippen molar-refractivity contribution in [1.82, 2.24) is 0 Å². The minimum atomic E-state index is -0.647. The molecule has 94 valence electrons. The quantitative estimate of drug-likeness (QED) is 0.442. The maximum absolute atomic E-state index is 10.9. The first-order valence-electron chi connectivity index (χ1n) is 6.60. The van der Waals surface area contributed by atoms with E-state index in [0.29, 0.717) is 6.42 Å². The van der Waals surface area contributed by atoms with Crippen LogP contribution in [0, 0.1) is 5.92 Å². The summed E-state index contributed by atoms with van der Waals surface area (Å²) in [6.45, 7) is 4.29. The van der Waals surface area contributed by atoms with Gasteiger partial charge in [-0.15, -0.1) is 0 Å². The molecule has 2 nitrogen and oxygen atoms in total. The van der Waals surface area contributed by atoms with E-state index >= 15 is 0 Å². The third-order valence-corrected chi connectivity index (χ3v) is 2.82. The van der Waals surface area contributed by atoms with E-state index in [0.717, 1.165) is 25.7 Å². The molecule has 0 bridgehead atoms. The number of rotatable bonds is 10. The van der Waals surface area contributed by atoms with Crippen LogP contribution in [0.25, 0.3) is 0 Å². The fourth-order valence-corrected chi connectivity index (χ4v) is 1.68. The molecule has 0 aromatic heterocycles. The molecule has 16 heavy (non-hydrogen) atoms. The molecule has 0 heterocycles. The standard InChI is InChI=1S/C14H26O2/c1-3-5-7-8-9-10-12-13(14(15)16)11-6-4-2/h9-10,13H,3-8,11-12H2,1-2H3,(H,15,16)/b10-9+. The molecule has 0 saturated heterocycles. The van der Waals surface area contributed by atoms with Gasteiger partial charge in [-0.3, -0.25) is 4.79 Å². The fraction of sp³-hybridized carbons (Fsp3) is 0.786. The van der Waals surface area contributed by atoms with Crippen LogP contribution in [0.2, 0.25) is 0 Å². The monoisotopic (exact) mass is 226 g/mol. The molecule has 0 saturated carbocycles. The molecular formula is C14H26O2. The number of carboxylic acid groups (broad SMARTS) is 1. The summed E-state index contributed by atoms with van der Waals surface area (Å²) in [4.78, 5) is 10.9. The Morgan fingerprint density at radius 3 is 2.38 bits per heavy atom. The van der Waals surface area contributed by atoms with Gasteiger partial charge in [0.2, 0.25) is 0 Å². The van der Waals surface area contributed by atoms with Crippen LogP contribution in [-0.2, 0) is 4.79 Å². The highest BCUT2D eigenvalue weighted by atomic mass is 16.4. The maximum Gasteiger partial charge on any atom is 0.306 e. The van der Waals surface area contributed by atoms with Crippen molar-refractivity contribution < 1.29 is 9.90 Å². The normalized spacial score (nSPS) is 13.1. The Labute approximate surface area is 99.7 Å². The molecule has 1 N–H and O–H groups in total. The lowest BCUT2D eigenvalue weighted by molar-refractivity contribution is -0.141. The van der Waals surface area contributed by atoms with Gasteiger partial charge in [0.1, 0.15) is 0 Å². The Bertz CT molecular complexity index is 197. The van der Waals surface area contributed by atoms with Gasteiger partial charge in [0.25, 0.3) is 0 Å². The van der Waals surface area contributed by atoms with Crippen LogP contribution in [0.15, 0.2) is 12.2 Å². The number of aliphatic carboxylic acids is 1. The van der Waals surface area contributed by atoms with Gasteiger partial charge in [0.05, 0.1) is 5.92 Å². The van der Waals surface area contributed by atoms with Crippen LogP contribution in [0.5, 0.6) is 0 Å². The van der Waals surface area contributed by atoms with Crippen molar-refractivity contribution in [2.45, 2.75) is 65.2 Å². The zero-order chi connectivity index (χ0) is 12.2. The van der Waals surface area contributed by atoms with Gasteiger partial charge in [-0.2, -0.15) is 0 Å². The third kappa shape index (κ3) is 8.51. The number of hydrogen-bond donors (Lipinski definition) is 1. The number of unbranched alkanes of at least 4 members (excludes halogenated alkanes) is 4. The summed E-state index contributed by atoms with van der Waals surface area (Å²) < 4.78 is 0. The van der Waals surface area contributed by atoms with E-state index in [1.807, 2.05) is 6.08 Å². The molecule has 1 atom stereocenters. The summed E-state index contributed by atoms with van der Waals surface area (Å²) in [5, 5.41) is 9.01. The molecule has 0 spiro atoms. The van der Waals surface area contributed by atoms with E-state index < -0.39 is 5.97 Å². The molecule has 0 fully saturated rings. The Hall–Kier alpha value is -0.790. The van der Waals surface area contributed by atoms with Gasteiger partial charge in [-0.25, -0.2) is 0 Å². The smallest absolute Gasteiger partial charge is 0.306 e. The fourth-order valence-electron chi connectivity index (χ4n) is 1.68. The highest BCUT2D eigenvalue weighted by Gasteiger charge is 2.14. The van der Waals surface area contributed by atoms with E-state index in [1.165, 1.54) is 19.3 Å². The van der Waals surface area contributed by atoms with E-state index in [1.54, 1.807) is 0 Å². The summed E-state index contributed by atoms with van der Waals surface area (Å²) in [5.41, 5.74) is 0. The van der Waals surface area contributed by atoms with Crippen molar-refractivity contribution in [2.75, 3.05) is 0 Å². The van der Waals surface area contributed by atoms with Crippen molar-refractivity contribution in [3.8, 4) is 0 Å². The van der Waals surface area contributed by atoms with E-state index in [4.69, 9.17) is 5.11 Å². The van der Waals surface area contributed by atoms with Gasteiger partial charge >= 0.3 is 5.97 Å². The molecule has 0 aromatic carbocycles. The molecule has 0 amide bonds. The van der Waals surface area contributed by atoms with Gasteiger partial charge in [0.15, 0.2) is 0 Å². The lowest BCUT2D eigenvalue weighted by Gasteiger charge is -2.08. The van der Waals surface area contributed by atoms with E-state index in [-0.39, 0.29) is 5.92 Å². The summed E-state index contributed by atoms with van der Waals surface area (Å²) in [5.74, 6) is -0.825. The SMILES string of the molecule is CCCCC/C=C/CC(CCCC)C(=O)O. The molecule has 0 aliphatic heterocycles. The molecule has 0 aliphatic carbocycles. The number of carboxylic acids is 1. The molecule has 0 aromatic rings. The first-order chi connectivity index (χ1) is 7.72. The van der Waals surface area contributed by atoms with Gasteiger partial charge in [-0.1, -0.05) is 51.7 Å². The van der Waals surface area contributed by atoms with E-state index in [9.17, 15) is 4.79 Å². The minimum Gasteiger partial charge on any atom is -0.481 e. The second-order valence-electron chi connectivity index (χ2n) is 4.38. The predicted octanol–water partition coefficient (Wildman–Crippen LogP) is 4.40. The Kier molecular flexibility index (Phi) is 10.2. The lowest BCUT2D eigenvalue weighted by atomic mass is 9.98. The largest absolute Gasteiger partial charge is 0.481 e. The third-order valence-electron chi connectivity index (χ3n) is 2.82.